The molecule has 0 atom stereocenters. The fourth-order valence-electron chi connectivity index (χ4n) is 5.61. The molecule has 0 spiro atoms. The topological polar surface area (TPSA) is 129 Å². The summed E-state index contributed by atoms with van der Waals surface area (Å²) in [5, 5.41) is 33.7. The number of anilines is 2. The number of phenolic OH excluding ortho intramolecular Hbond substituents is 2. The fourth-order valence-corrected chi connectivity index (χ4v) is 5.61. The molecule has 1 aliphatic carbocycles. The number of fused-ring (bicyclic) bond motifs is 2. The summed E-state index contributed by atoms with van der Waals surface area (Å²) in [6.45, 7) is 7.08. The Morgan fingerprint density at radius 2 is 1.07 bits per heavy atom. The maximum atomic E-state index is 17.2. The molecule has 0 saturated heterocycles. The number of rotatable bonds is 6. The summed E-state index contributed by atoms with van der Waals surface area (Å²) in [7, 11) is 0. The predicted octanol–water partition coefficient (Wildman–Crippen LogP) is 8.45. The Labute approximate surface area is 263 Å². The number of nitriles is 1. The van der Waals surface area contributed by atoms with Gasteiger partial charge in [-0.1, -0.05) is 36.4 Å². The number of hydrogen-bond donors (Lipinski definition) is 3. The minimum absolute atomic E-state index is 0.266. The molecular weight excluding hydrogens is 587 g/mol. The minimum Gasteiger partial charge on any atom is -0.507 e. The molecule has 46 heavy (non-hydrogen) atoms. The van der Waals surface area contributed by atoms with Crippen molar-refractivity contribution in [3.63, 3.8) is 0 Å². The second kappa shape index (κ2) is 11.4. The zero-order chi connectivity index (χ0) is 32.9. The van der Waals surface area contributed by atoms with Crippen molar-refractivity contribution in [3.05, 3.63) is 129 Å². The first kappa shape index (κ1) is 29.9. The lowest BCUT2D eigenvalue weighted by Gasteiger charge is -2.27. The Morgan fingerprint density at radius 1 is 0.630 bits per heavy atom. The summed E-state index contributed by atoms with van der Waals surface area (Å²) in [4.78, 5) is 28.7. The average Bonchev–Trinajstić information content (AvgIpc) is 3.03. The SMILES string of the molecule is Cc1cccc(C)c1Oc1c(F)c(Nc2ccc(C#N)cc2)c(Oc2c(C)cccc2C)c2c1C(=O)c1c(O)ccc(O)c1C2=O. The second-order valence-corrected chi connectivity index (χ2v) is 11.1. The summed E-state index contributed by atoms with van der Waals surface area (Å²) >= 11 is 0. The smallest absolute Gasteiger partial charge is 0.202 e. The Morgan fingerprint density at radius 3 is 1.52 bits per heavy atom. The molecule has 3 N–H and O–H groups in total. The molecule has 0 unspecified atom stereocenters. The van der Waals surface area contributed by atoms with Crippen LogP contribution in [0.5, 0.6) is 34.5 Å². The van der Waals surface area contributed by atoms with Crippen LogP contribution in [0.3, 0.4) is 0 Å². The highest BCUT2D eigenvalue weighted by atomic mass is 19.1. The van der Waals surface area contributed by atoms with Crippen molar-refractivity contribution in [2.24, 2.45) is 0 Å². The van der Waals surface area contributed by atoms with Gasteiger partial charge in [0.2, 0.25) is 11.6 Å². The third kappa shape index (κ3) is 4.86. The van der Waals surface area contributed by atoms with E-state index in [1.54, 1.807) is 70.2 Å². The van der Waals surface area contributed by atoms with Gasteiger partial charge >= 0.3 is 0 Å². The quantitative estimate of drug-likeness (QED) is 0.159. The van der Waals surface area contributed by atoms with E-state index in [4.69, 9.17) is 9.47 Å². The van der Waals surface area contributed by atoms with Crippen molar-refractivity contribution in [1.29, 1.82) is 5.26 Å². The van der Waals surface area contributed by atoms with Crippen LogP contribution in [0.25, 0.3) is 0 Å². The van der Waals surface area contributed by atoms with Gasteiger partial charge in [0.25, 0.3) is 0 Å². The number of ether oxygens (including phenoxy) is 2. The highest BCUT2D eigenvalue weighted by molar-refractivity contribution is 6.32. The summed E-state index contributed by atoms with van der Waals surface area (Å²) in [6.07, 6.45) is 0. The highest BCUT2D eigenvalue weighted by Gasteiger charge is 2.43. The van der Waals surface area contributed by atoms with E-state index in [-0.39, 0.29) is 22.7 Å². The lowest BCUT2D eigenvalue weighted by atomic mass is 9.81. The van der Waals surface area contributed by atoms with Crippen LogP contribution in [0.15, 0.2) is 72.8 Å². The zero-order valence-electron chi connectivity index (χ0n) is 25.3. The molecule has 228 valence electrons. The van der Waals surface area contributed by atoms with Gasteiger partial charge in [0.15, 0.2) is 17.3 Å². The number of hydrogen-bond acceptors (Lipinski definition) is 8. The molecule has 0 aromatic heterocycles. The first-order valence-corrected chi connectivity index (χ1v) is 14.3. The molecular formula is C37H27FN2O6. The first-order chi connectivity index (χ1) is 22.0. The molecule has 0 radical (unpaired) electrons. The number of ketones is 2. The molecule has 6 rings (SSSR count). The van der Waals surface area contributed by atoms with Crippen LogP contribution in [0.2, 0.25) is 0 Å². The lowest BCUT2D eigenvalue weighted by molar-refractivity contribution is 0.0969. The van der Waals surface area contributed by atoms with E-state index in [9.17, 15) is 25.1 Å². The standard InChI is InChI=1S/C37H27FN2O6/c1-18-7-5-8-19(2)34(18)45-36-28-29(33(44)27-25(42)16-15-24(41)26(27)32(28)43)37(46-35-20(3)9-6-10-21(35)4)31(30(36)38)40-23-13-11-22(17-39)12-14-23/h5-16,40-42H,1-4H3. The van der Waals surface area contributed by atoms with Crippen molar-refractivity contribution in [2.75, 3.05) is 5.32 Å². The molecule has 5 aromatic rings. The molecule has 0 heterocycles. The van der Waals surface area contributed by atoms with E-state index in [0.29, 0.717) is 39.3 Å². The number of nitrogens with one attached hydrogen (secondary N) is 1. The van der Waals surface area contributed by atoms with Crippen molar-refractivity contribution in [1.82, 2.24) is 0 Å². The van der Waals surface area contributed by atoms with Gasteiger partial charge in [0.1, 0.15) is 28.7 Å². The second-order valence-electron chi connectivity index (χ2n) is 11.1. The highest BCUT2D eigenvalue weighted by Crippen LogP contribution is 2.52. The summed E-state index contributed by atoms with van der Waals surface area (Å²) in [5.41, 5.74) is 1.26. The predicted molar refractivity (Wildman–Crippen MR) is 169 cm³/mol. The maximum absolute atomic E-state index is 17.2. The average molecular weight is 615 g/mol. The number of halogens is 1. The van der Waals surface area contributed by atoms with E-state index in [0.717, 1.165) is 12.1 Å². The number of benzene rings is 5. The van der Waals surface area contributed by atoms with E-state index < -0.39 is 51.3 Å². The number of aryl methyl sites for hydroxylation is 4. The number of carbonyl (C=O) groups is 2. The monoisotopic (exact) mass is 614 g/mol. The lowest BCUT2D eigenvalue weighted by Crippen LogP contribution is -2.24. The maximum Gasteiger partial charge on any atom is 0.202 e. The Balaban J connectivity index is 1.72. The number of nitrogens with zero attached hydrogens (tertiary/aromatic N) is 1. The van der Waals surface area contributed by atoms with Gasteiger partial charge in [0, 0.05) is 5.69 Å². The Kier molecular flexibility index (Phi) is 7.42. The van der Waals surface area contributed by atoms with Gasteiger partial charge in [-0.2, -0.15) is 5.26 Å². The van der Waals surface area contributed by atoms with Gasteiger partial charge in [0.05, 0.1) is 33.9 Å². The van der Waals surface area contributed by atoms with Crippen molar-refractivity contribution < 1.29 is 33.7 Å². The van der Waals surface area contributed by atoms with Crippen LogP contribution in [0.1, 0.15) is 59.7 Å². The number of para-hydroxylation sites is 2. The zero-order valence-corrected chi connectivity index (χ0v) is 25.3. The van der Waals surface area contributed by atoms with Crippen LogP contribution < -0.4 is 14.8 Å². The molecule has 8 nitrogen and oxygen atoms in total. The van der Waals surface area contributed by atoms with Crippen LogP contribution in [0, 0.1) is 44.8 Å². The normalized spacial score (nSPS) is 11.8. The van der Waals surface area contributed by atoms with Crippen molar-refractivity contribution in [2.45, 2.75) is 27.7 Å². The Bertz CT molecular complexity index is 2110. The van der Waals surface area contributed by atoms with E-state index in [2.05, 4.69) is 5.32 Å². The molecule has 5 aromatic carbocycles. The molecule has 9 heteroatoms. The molecule has 0 aliphatic heterocycles. The molecule has 0 bridgehead atoms. The summed E-state index contributed by atoms with van der Waals surface area (Å²) < 4.78 is 29.8. The van der Waals surface area contributed by atoms with Crippen LogP contribution in [-0.4, -0.2) is 21.8 Å². The number of carbonyl (C=O) groups excluding carboxylic acids is 2. The van der Waals surface area contributed by atoms with Crippen molar-refractivity contribution >= 4 is 22.9 Å². The fraction of sp³-hybridized carbons (Fsp3) is 0.108. The molecule has 0 saturated carbocycles. The van der Waals surface area contributed by atoms with Gasteiger partial charge in [-0.05, 0) is 86.3 Å². The summed E-state index contributed by atoms with van der Waals surface area (Å²) in [5.74, 6) is -4.27. The van der Waals surface area contributed by atoms with Gasteiger partial charge < -0.3 is 25.0 Å². The third-order valence-corrected chi connectivity index (χ3v) is 7.93. The van der Waals surface area contributed by atoms with Crippen molar-refractivity contribution in [3.8, 4) is 40.6 Å². The van der Waals surface area contributed by atoms with Crippen LogP contribution in [0.4, 0.5) is 15.8 Å². The minimum atomic E-state index is -1.05. The van der Waals surface area contributed by atoms with Gasteiger partial charge in [-0.3, -0.25) is 9.59 Å². The van der Waals surface area contributed by atoms with Crippen LogP contribution >= 0.6 is 0 Å². The molecule has 0 fully saturated rings. The van der Waals surface area contributed by atoms with Gasteiger partial charge in [-0.25, -0.2) is 4.39 Å². The molecule has 1 aliphatic rings. The van der Waals surface area contributed by atoms with E-state index in [1.807, 2.05) is 12.1 Å². The van der Waals surface area contributed by atoms with Gasteiger partial charge in [-0.15, -0.1) is 0 Å². The third-order valence-electron chi connectivity index (χ3n) is 7.93. The number of aromatic hydroxyl groups is 2. The van der Waals surface area contributed by atoms with Crippen LogP contribution in [-0.2, 0) is 0 Å². The Hall–Kier alpha value is -6.14. The first-order valence-electron chi connectivity index (χ1n) is 14.3. The summed E-state index contributed by atoms with van der Waals surface area (Å²) in [6, 6.07) is 21.1. The van der Waals surface area contributed by atoms with E-state index in [1.165, 1.54) is 12.1 Å². The largest absolute Gasteiger partial charge is 0.507 e. The molecule has 0 amide bonds. The number of phenols is 2. The van der Waals surface area contributed by atoms with E-state index >= 15 is 4.39 Å².